The van der Waals surface area contributed by atoms with Crippen LogP contribution in [-0.4, -0.2) is 30.6 Å². The van der Waals surface area contributed by atoms with Gasteiger partial charge in [0.2, 0.25) is 0 Å². The normalized spacial score (nSPS) is 23.2. The van der Waals surface area contributed by atoms with E-state index < -0.39 is 0 Å². The van der Waals surface area contributed by atoms with Crippen molar-refractivity contribution in [1.82, 2.24) is 4.98 Å². The van der Waals surface area contributed by atoms with Crippen molar-refractivity contribution in [1.29, 1.82) is 5.26 Å². The Morgan fingerprint density at radius 1 is 1.17 bits per heavy atom. The number of ketones is 1. The van der Waals surface area contributed by atoms with Crippen LogP contribution in [0.15, 0.2) is 30.3 Å². The van der Waals surface area contributed by atoms with Crippen LogP contribution in [0.5, 0.6) is 0 Å². The van der Waals surface area contributed by atoms with Crippen molar-refractivity contribution in [3.63, 3.8) is 0 Å². The van der Waals surface area contributed by atoms with Crippen molar-refractivity contribution >= 4 is 22.4 Å². The lowest BCUT2D eigenvalue weighted by atomic mass is 9.70. The Morgan fingerprint density at radius 3 is 2.66 bits per heavy atom. The molecule has 3 aromatic rings. The van der Waals surface area contributed by atoms with Gasteiger partial charge in [0.1, 0.15) is 6.23 Å². The molecule has 180 valence electrons. The highest BCUT2D eigenvalue weighted by Crippen LogP contribution is 2.48. The molecule has 3 aliphatic rings. The molecule has 1 saturated carbocycles. The van der Waals surface area contributed by atoms with Crippen LogP contribution in [0.2, 0.25) is 0 Å². The average molecular weight is 468 g/mol. The van der Waals surface area contributed by atoms with Crippen molar-refractivity contribution in [2.24, 2.45) is 11.8 Å². The smallest absolute Gasteiger partial charge is 0.195 e. The summed E-state index contributed by atoms with van der Waals surface area (Å²) >= 11 is 0. The number of hydrogen-bond acceptors (Lipinski definition) is 4. The molecule has 2 unspecified atom stereocenters. The Kier molecular flexibility index (Phi) is 5.09. The average Bonchev–Trinajstić information content (AvgIpc) is 3.65. The van der Waals surface area contributed by atoms with Crippen LogP contribution in [0.1, 0.15) is 84.8 Å². The number of nitrogens with one attached hydrogen (secondary N) is 1. The molecular weight excluding hydrogens is 434 g/mol. The molecule has 0 spiro atoms. The van der Waals surface area contributed by atoms with Crippen LogP contribution in [-0.2, 0) is 16.6 Å². The number of nitriles is 1. The van der Waals surface area contributed by atoms with Crippen molar-refractivity contribution in [3.05, 3.63) is 63.8 Å². The summed E-state index contributed by atoms with van der Waals surface area (Å²) in [5.41, 5.74) is 7.02. The maximum absolute atomic E-state index is 13.9. The van der Waals surface area contributed by atoms with Crippen molar-refractivity contribution < 1.29 is 9.53 Å². The van der Waals surface area contributed by atoms with Gasteiger partial charge >= 0.3 is 0 Å². The fourth-order valence-corrected chi connectivity index (χ4v) is 6.58. The molecule has 1 aromatic heterocycles. The third-order valence-corrected chi connectivity index (χ3v) is 8.76. The first-order chi connectivity index (χ1) is 16.9. The van der Waals surface area contributed by atoms with Gasteiger partial charge in [0.05, 0.1) is 17.2 Å². The summed E-state index contributed by atoms with van der Waals surface area (Å²) in [7, 11) is 1.83. The number of hydrogen-bond donors (Lipinski definition) is 1. The summed E-state index contributed by atoms with van der Waals surface area (Å²) in [5, 5.41) is 10.2. The number of anilines is 1. The number of benzene rings is 2. The highest BCUT2D eigenvalue weighted by atomic mass is 16.5. The van der Waals surface area contributed by atoms with E-state index in [0.29, 0.717) is 5.56 Å². The number of aryl methyl sites for hydroxylation is 1. The molecule has 35 heavy (non-hydrogen) atoms. The largest absolute Gasteiger partial charge is 0.362 e. The van der Waals surface area contributed by atoms with Gasteiger partial charge < -0.3 is 14.6 Å². The van der Waals surface area contributed by atoms with E-state index in [4.69, 9.17) is 4.74 Å². The second kappa shape index (κ2) is 7.96. The molecule has 0 amide bonds. The second-order valence-electron chi connectivity index (χ2n) is 11.1. The number of ether oxygens (including phenoxy) is 1. The lowest BCUT2D eigenvalue weighted by Gasteiger charge is -2.42. The lowest BCUT2D eigenvalue weighted by Crippen LogP contribution is -2.45. The summed E-state index contributed by atoms with van der Waals surface area (Å²) in [6.07, 6.45) is 5.98. The molecule has 5 heteroatoms. The maximum atomic E-state index is 13.9. The van der Waals surface area contributed by atoms with Crippen molar-refractivity contribution in [2.75, 3.05) is 18.6 Å². The van der Waals surface area contributed by atoms with Gasteiger partial charge in [0, 0.05) is 46.9 Å². The van der Waals surface area contributed by atoms with E-state index in [1.54, 1.807) is 6.07 Å². The summed E-state index contributed by atoms with van der Waals surface area (Å²) < 4.78 is 6.03. The van der Waals surface area contributed by atoms with Crippen LogP contribution in [0.4, 0.5) is 5.69 Å². The zero-order valence-corrected chi connectivity index (χ0v) is 21.1. The van der Waals surface area contributed by atoms with Gasteiger partial charge in [-0.3, -0.25) is 4.79 Å². The predicted molar refractivity (Wildman–Crippen MR) is 138 cm³/mol. The van der Waals surface area contributed by atoms with Gasteiger partial charge in [-0.1, -0.05) is 26.8 Å². The first kappa shape index (κ1) is 22.4. The fraction of sp³-hybridized carbons (Fsp3) is 0.467. The van der Waals surface area contributed by atoms with E-state index in [2.05, 4.69) is 48.9 Å². The first-order valence-corrected chi connectivity index (χ1v) is 12.9. The minimum atomic E-state index is -0.375. The molecule has 1 N–H and O–H groups in total. The summed E-state index contributed by atoms with van der Waals surface area (Å²) in [6, 6.07) is 12.2. The fourth-order valence-electron chi connectivity index (χ4n) is 6.58. The Hall–Kier alpha value is -3.10. The van der Waals surface area contributed by atoms with Gasteiger partial charge in [-0.05, 0) is 79.3 Å². The summed E-state index contributed by atoms with van der Waals surface area (Å²) in [5.74, 6) is 1.73. The second-order valence-corrected chi connectivity index (χ2v) is 11.1. The highest BCUT2D eigenvalue weighted by molar-refractivity contribution is 6.20. The molecule has 1 aliphatic heterocycles. The van der Waals surface area contributed by atoms with Crippen LogP contribution < -0.4 is 4.90 Å². The Labute approximate surface area is 207 Å². The molecular formula is C30H33N3O2. The number of carbonyl (C=O) groups is 1. The van der Waals surface area contributed by atoms with Crippen LogP contribution >= 0.6 is 0 Å². The maximum Gasteiger partial charge on any atom is 0.195 e. The summed E-state index contributed by atoms with van der Waals surface area (Å²) in [6.45, 7) is 7.55. The van der Waals surface area contributed by atoms with Crippen LogP contribution in [0, 0.1) is 23.2 Å². The minimum absolute atomic E-state index is 0.0715. The van der Waals surface area contributed by atoms with E-state index in [1.807, 2.05) is 19.2 Å². The molecule has 2 aliphatic carbocycles. The molecule has 6 rings (SSSR count). The number of H-pyrrole nitrogens is 1. The molecule has 0 bridgehead atoms. The van der Waals surface area contributed by atoms with Gasteiger partial charge in [-0.2, -0.15) is 5.26 Å². The van der Waals surface area contributed by atoms with E-state index in [1.165, 1.54) is 30.5 Å². The third-order valence-electron chi connectivity index (χ3n) is 8.76. The SMILES string of the molecule is CCc1cc2c(cc1N1CCC(C3CC3)CC1OC)C(C)(C)c1[nH]c3cc(C#N)ccc3c1C2=O. The number of piperidine rings is 1. The predicted octanol–water partition coefficient (Wildman–Crippen LogP) is 6.07. The van der Waals surface area contributed by atoms with Gasteiger partial charge in [-0.15, -0.1) is 0 Å². The zero-order valence-electron chi connectivity index (χ0n) is 21.1. The van der Waals surface area contributed by atoms with Crippen molar-refractivity contribution in [2.45, 2.75) is 64.5 Å². The Morgan fingerprint density at radius 2 is 1.97 bits per heavy atom. The topological polar surface area (TPSA) is 69.1 Å². The molecule has 2 fully saturated rings. The lowest BCUT2D eigenvalue weighted by molar-refractivity contribution is 0.0547. The summed E-state index contributed by atoms with van der Waals surface area (Å²) in [4.78, 5) is 19.9. The standard InChI is InChI=1S/C30H33N3O2/c1-5-18-13-22-23(15-25(18)33-11-10-20(19-7-8-19)14-26(33)35-4)30(2,3)29-27(28(22)34)21-9-6-17(16-31)12-24(21)32-29/h6,9,12-13,15,19-20,26,32H,5,7-8,10-11,14H2,1-4H3. The number of aromatic amines is 1. The number of rotatable bonds is 4. The Bertz CT molecular complexity index is 1390. The molecule has 5 nitrogen and oxygen atoms in total. The zero-order chi connectivity index (χ0) is 24.5. The van der Waals surface area contributed by atoms with E-state index >= 15 is 0 Å². The number of nitrogens with zero attached hydrogens (tertiary/aromatic N) is 2. The number of fused-ring (bicyclic) bond motifs is 4. The quantitative estimate of drug-likeness (QED) is 0.505. The molecule has 2 aromatic carbocycles. The van der Waals surface area contributed by atoms with E-state index in [-0.39, 0.29) is 17.4 Å². The molecule has 2 heterocycles. The number of methoxy groups -OCH3 is 1. The molecule has 2 atom stereocenters. The molecule has 0 radical (unpaired) electrons. The third kappa shape index (κ3) is 3.34. The van der Waals surface area contributed by atoms with Crippen LogP contribution in [0.3, 0.4) is 0 Å². The van der Waals surface area contributed by atoms with E-state index in [0.717, 1.165) is 64.5 Å². The highest BCUT2D eigenvalue weighted by Gasteiger charge is 2.42. The number of carbonyl (C=O) groups excluding carboxylic acids is 1. The Balaban J connectivity index is 1.47. The van der Waals surface area contributed by atoms with Gasteiger partial charge in [-0.25, -0.2) is 0 Å². The van der Waals surface area contributed by atoms with Crippen molar-refractivity contribution in [3.8, 4) is 6.07 Å². The monoisotopic (exact) mass is 467 g/mol. The first-order valence-electron chi connectivity index (χ1n) is 12.9. The van der Waals surface area contributed by atoms with Gasteiger partial charge in [0.15, 0.2) is 5.78 Å². The minimum Gasteiger partial charge on any atom is -0.362 e. The van der Waals surface area contributed by atoms with Crippen LogP contribution in [0.25, 0.3) is 10.9 Å². The molecule has 1 saturated heterocycles. The number of aromatic nitrogens is 1. The van der Waals surface area contributed by atoms with E-state index in [9.17, 15) is 10.1 Å². The van der Waals surface area contributed by atoms with Gasteiger partial charge in [0.25, 0.3) is 0 Å².